The van der Waals surface area contributed by atoms with Gasteiger partial charge in [0.05, 0.1) is 16.3 Å². The first-order valence-corrected chi connectivity index (χ1v) is 12.9. The molecule has 0 fully saturated rings. The van der Waals surface area contributed by atoms with Crippen LogP contribution in [0.3, 0.4) is 0 Å². The number of hydrogen-bond donors (Lipinski definition) is 2. The number of aryl methyl sites for hydroxylation is 2. The molecule has 0 spiro atoms. The predicted octanol–water partition coefficient (Wildman–Crippen LogP) is 4.20. The molecule has 0 atom stereocenters. The maximum absolute atomic E-state index is 14.4. The molecule has 7 nitrogen and oxygen atoms in total. The molecular weight excluding hydrogens is 465 g/mol. The van der Waals surface area contributed by atoms with E-state index in [1.54, 1.807) is 23.6 Å². The third-order valence-electron chi connectivity index (χ3n) is 5.34. The van der Waals surface area contributed by atoms with Crippen molar-refractivity contribution in [3.8, 4) is 11.3 Å². The molecule has 0 radical (unpaired) electrons. The second-order valence-electron chi connectivity index (χ2n) is 7.81. The van der Waals surface area contributed by atoms with Crippen molar-refractivity contribution in [3.05, 3.63) is 58.7 Å². The summed E-state index contributed by atoms with van der Waals surface area (Å²) in [6.07, 6.45) is 2.66. The molecule has 172 valence electrons. The van der Waals surface area contributed by atoms with Crippen molar-refractivity contribution in [1.82, 2.24) is 4.98 Å². The molecule has 2 amide bonds. The highest BCUT2D eigenvalue weighted by molar-refractivity contribution is 7.91. The Hall–Kier alpha value is -3.11. The number of aromatic nitrogens is 1. The van der Waals surface area contributed by atoms with Gasteiger partial charge in [-0.1, -0.05) is 6.07 Å². The lowest BCUT2D eigenvalue weighted by Crippen LogP contribution is -2.17. The van der Waals surface area contributed by atoms with Crippen molar-refractivity contribution in [2.24, 2.45) is 0 Å². The van der Waals surface area contributed by atoms with Gasteiger partial charge in [0, 0.05) is 30.0 Å². The minimum Gasteiger partial charge on any atom is -0.326 e. The van der Waals surface area contributed by atoms with Crippen LogP contribution in [0.1, 0.15) is 30.9 Å². The molecular formula is C23H22FN3O4S2. The second kappa shape index (κ2) is 9.40. The summed E-state index contributed by atoms with van der Waals surface area (Å²) in [6.45, 7) is 1.33. The highest BCUT2D eigenvalue weighted by atomic mass is 32.2. The van der Waals surface area contributed by atoms with Crippen LogP contribution in [0.4, 0.5) is 15.2 Å². The Kier molecular flexibility index (Phi) is 6.57. The van der Waals surface area contributed by atoms with Crippen LogP contribution in [0.2, 0.25) is 0 Å². The Bertz CT molecular complexity index is 1340. The van der Waals surface area contributed by atoms with E-state index in [0.29, 0.717) is 11.4 Å². The summed E-state index contributed by atoms with van der Waals surface area (Å²) in [5, 5.41) is 6.92. The molecule has 4 rings (SSSR count). The highest BCUT2D eigenvalue weighted by Crippen LogP contribution is 2.29. The van der Waals surface area contributed by atoms with Crippen LogP contribution >= 0.6 is 11.3 Å². The molecule has 0 saturated carbocycles. The van der Waals surface area contributed by atoms with E-state index in [4.69, 9.17) is 0 Å². The van der Waals surface area contributed by atoms with E-state index < -0.39 is 21.6 Å². The fraction of sp³-hybridized carbons (Fsp3) is 0.261. The zero-order valence-corrected chi connectivity index (χ0v) is 19.5. The van der Waals surface area contributed by atoms with Gasteiger partial charge in [-0.25, -0.2) is 17.8 Å². The first kappa shape index (κ1) is 23.1. The average Bonchev–Trinajstić information content (AvgIpc) is 3.41. The number of hydrogen-bond acceptors (Lipinski definition) is 6. The van der Waals surface area contributed by atoms with E-state index in [-0.39, 0.29) is 33.7 Å². The quantitative estimate of drug-likeness (QED) is 0.520. The van der Waals surface area contributed by atoms with Crippen molar-refractivity contribution in [2.45, 2.75) is 37.5 Å². The number of rotatable bonds is 7. The van der Waals surface area contributed by atoms with Crippen LogP contribution in [-0.2, 0) is 32.3 Å². The fourth-order valence-corrected chi connectivity index (χ4v) is 5.74. The first-order chi connectivity index (χ1) is 15.7. The van der Waals surface area contributed by atoms with Gasteiger partial charge in [-0.05, 0) is 60.7 Å². The Balaban J connectivity index is 1.37. The van der Waals surface area contributed by atoms with E-state index in [1.807, 2.05) is 6.07 Å². The third-order valence-corrected chi connectivity index (χ3v) is 7.81. The molecule has 3 aromatic rings. The lowest BCUT2D eigenvalue weighted by molar-refractivity contribution is -0.116. The van der Waals surface area contributed by atoms with Crippen LogP contribution in [-0.4, -0.2) is 31.0 Å². The Morgan fingerprint density at radius 3 is 2.64 bits per heavy atom. The largest absolute Gasteiger partial charge is 0.326 e. The number of amides is 2. The van der Waals surface area contributed by atoms with Gasteiger partial charge in [0.25, 0.3) is 0 Å². The number of nitrogens with zero attached hydrogens (tertiary/aromatic N) is 1. The molecule has 33 heavy (non-hydrogen) atoms. The number of carbonyl (C=O) groups is 2. The van der Waals surface area contributed by atoms with Crippen LogP contribution in [0.15, 0.2) is 46.7 Å². The molecule has 1 heterocycles. The number of fused-ring (bicyclic) bond motifs is 1. The van der Waals surface area contributed by atoms with Crippen molar-refractivity contribution in [3.63, 3.8) is 0 Å². The van der Waals surface area contributed by atoms with Crippen molar-refractivity contribution in [2.75, 3.05) is 16.4 Å². The van der Waals surface area contributed by atoms with Crippen molar-refractivity contribution >= 4 is 43.8 Å². The summed E-state index contributed by atoms with van der Waals surface area (Å²) in [5.41, 5.74) is 3.13. The lowest BCUT2D eigenvalue weighted by atomic mass is 10.1. The molecule has 2 N–H and O–H groups in total. The molecule has 0 unspecified atom stereocenters. The van der Waals surface area contributed by atoms with Crippen LogP contribution in [0, 0.1) is 5.82 Å². The van der Waals surface area contributed by atoms with E-state index in [1.165, 1.54) is 24.6 Å². The Labute approximate surface area is 195 Å². The third kappa shape index (κ3) is 5.45. The summed E-state index contributed by atoms with van der Waals surface area (Å²) in [4.78, 5) is 27.9. The monoisotopic (exact) mass is 487 g/mol. The molecule has 1 aliphatic rings. The molecule has 0 bridgehead atoms. The Morgan fingerprint density at radius 1 is 1.09 bits per heavy atom. The minimum atomic E-state index is -3.58. The summed E-state index contributed by atoms with van der Waals surface area (Å²) in [7, 11) is -3.58. The van der Waals surface area contributed by atoms with Gasteiger partial charge in [-0.15, -0.1) is 11.3 Å². The van der Waals surface area contributed by atoms with E-state index in [9.17, 15) is 22.4 Å². The number of carbonyl (C=O) groups excluding carboxylic acids is 2. The van der Waals surface area contributed by atoms with Crippen LogP contribution in [0.5, 0.6) is 0 Å². The molecule has 1 aliphatic carbocycles. The molecule has 2 aromatic carbocycles. The maximum Gasteiger partial charge on any atom is 0.227 e. The Morgan fingerprint density at radius 2 is 1.88 bits per heavy atom. The van der Waals surface area contributed by atoms with Crippen LogP contribution in [0.25, 0.3) is 11.3 Å². The summed E-state index contributed by atoms with van der Waals surface area (Å²) >= 11 is 1.11. The SMILES string of the molecule is CC(=O)Nc1ccc(-c2csc(NC(=O)CCS(=O)(=O)c3ccc4c(c3)CCC4)n2)c(F)c1. The smallest absolute Gasteiger partial charge is 0.227 e. The van der Waals surface area contributed by atoms with Crippen molar-refractivity contribution < 1.29 is 22.4 Å². The first-order valence-electron chi connectivity index (χ1n) is 10.4. The number of nitrogens with one attached hydrogen (secondary N) is 2. The normalized spacial score (nSPS) is 12.9. The van der Waals surface area contributed by atoms with Gasteiger partial charge >= 0.3 is 0 Å². The fourth-order valence-electron chi connectivity index (χ4n) is 3.73. The maximum atomic E-state index is 14.4. The topological polar surface area (TPSA) is 105 Å². The number of anilines is 2. The number of sulfone groups is 1. The van der Waals surface area contributed by atoms with Gasteiger partial charge in [0.1, 0.15) is 5.82 Å². The number of halogens is 1. The van der Waals surface area contributed by atoms with E-state index in [0.717, 1.165) is 36.2 Å². The zero-order valence-electron chi connectivity index (χ0n) is 17.9. The average molecular weight is 488 g/mol. The summed E-state index contributed by atoms with van der Waals surface area (Å²) < 4.78 is 39.7. The zero-order chi connectivity index (χ0) is 23.6. The molecule has 10 heteroatoms. The lowest BCUT2D eigenvalue weighted by Gasteiger charge is -2.07. The molecule has 0 aliphatic heterocycles. The van der Waals surface area contributed by atoms with Gasteiger partial charge in [0.2, 0.25) is 11.8 Å². The van der Waals surface area contributed by atoms with Gasteiger partial charge in [-0.3, -0.25) is 9.59 Å². The number of thiazole rings is 1. The van der Waals surface area contributed by atoms with Crippen molar-refractivity contribution in [1.29, 1.82) is 0 Å². The van der Waals surface area contributed by atoms with Crippen LogP contribution < -0.4 is 10.6 Å². The van der Waals surface area contributed by atoms with Gasteiger partial charge < -0.3 is 10.6 Å². The summed E-state index contributed by atoms with van der Waals surface area (Å²) in [6, 6.07) is 9.42. The predicted molar refractivity (Wildman–Crippen MR) is 126 cm³/mol. The number of benzene rings is 2. The van der Waals surface area contributed by atoms with E-state index >= 15 is 0 Å². The molecule has 0 saturated heterocycles. The van der Waals surface area contributed by atoms with Gasteiger partial charge in [0.15, 0.2) is 15.0 Å². The second-order valence-corrected chi connectivity index (χ2v) is 10.8. The summed E-state index contributed by atoms with van der Waals surface area (Å²) in [5.74, 6) is -1.67. The molecule has 1 aromatic heterocycles. The highest BCUT2D eigenvalue weighted by Gasteiger charge is 2.20. The minimum absolute atomic E-state index is 0.214. The standard InChI is InChI=1S/C23H22FN3O4S2/c1-14(28)25-17-6-8-19(20(24)12-17)21-13-32-23(26-21)27-22(29)9-10-33(30,31)18-7-5-15-3-2-4-16(15)11-18/h5-8,11-13H,2-4,9-10H2,1H3,(H,25,28)(H,26,27,29). The van der Waals surface area contributed by atoms with Gasteiger partial charge in [-0.2, -0.15) is 0 Å². The van der Waals surface area contributed by atoms with E-state index in [2.05, 4.69) is 15.6 Å².